The lowest BCUT2D eigenvalue weighted by Crippen LogP contribution is -2.41. The highest BCUT2D eigenvalue weighted by Crippen LogP contribution is 2.23. The van der Waals surface area contributed by atoms with Gasteiger partial charge in [-0.05, 0) is 23.3 Å². The van der Waals surface area contributed by atoms with Crippen molar-refractivity contribution in [1.82, 2.24) is 10.6 Å². The molecule has 4 nitrogen and oxygen atoms in total. The molecule has 0 spiro atoms. The summed E-state index contributed by atoms with van der Waals surface area (Å²) in [6.07, 6.45) is 0. The number of benzene rings is 3. The van der Waals surface area contributed by atoms with Gasteiger partial charge >= 0.3 is 0 Å². The van der Waals surface area contributed by atoms with E-state index in [1.54, 1.807) is 7.05 Å². The monoisotopic (exact) mass is 533 g/mol. The normalized spacial score (nSPS) is 12.1. The summed E-state index contributed by atoms with van der Waals surface area (Å²) in [6.45, 7) is 1.30. The predicted molar refractivity (Wildman–Crippen MR) is 137 cm³/mol. The largest absolute Gasteiger partial charge is 0.355 e. The van der Waals surface area contributed by atoms with E-state index < -0.39 is 10.8 Å². The molecule has 0 aliphatic rings. The van der Waals surface area contributed by atoms with Gasteiger partial charge in [0.2, 0.25) is 0 Å². The van der Waals surface area contributed by atoms with Crippen molar-refractivity contribution in [2.24, 2.45) is 4.99 Å². The standard InChI is InChI=1S/C24H27N3OS.HI/c1-25-24(26-17-18-29(28)22-15-9-4-10-16-22)27-19-23(20-11-5-2-6-12-20)21-13-7-3-8-14-21;/h2-16,23H,17-19H2,1H3,(H2,25,26,27);1H. The fourth-order valence-corrected chi connectivity index (χ4v) is 4.15. The molecule has 0 saturated heterocycles. The summed E-state index contributed by atoms with van der Waals surface area (Å²) in [5.41, 5.74) is 2.51. The highest BCUT2D eigenvalue weighted by Gasteiger charge is 2.14. The van der Waals surface area contributed by atoms with Crippen molar-refractivity contribution in [2.45, 2.75) is 10.8 Å². The Labute approximate surface area is 198 Å². The van der Waals surface area contributed by atoms with Crippen molar-refractivity contribution < 1.29 is 4.21 Å². The molecule has 0 bridgehead atoms. The van der Waals surface area contributed by atoms with Crippen molar-refractivity contribution in [1.29, 1.82) is 0 Å². The fraction of sp³-hybridized carbons (Fsp3) is 0.208. The first-order valence-electron chi connectivity index (χ1n) is 9.76. The van der Waals surface area contributed by atoms with Crippen LogP contribution in [-0.4, -0.2) is 36.1 Å². The molecule has 2 N–H and O–H groups in total. The first-order valence-corrected chi connectivity index (χ1v) is 11.1. The third-order valence-corrected chi connectivity index (χ3v) is 6.06. The summed E-state index contributed by atoms with van der Waals surface area (Å²) in [7, 11) is 0.734. The number of hydrogen-bond acceptors (Lipinski definition) is 2. The molecule has 0 aliphatic heterocycles. The van der Waals surface area contributed by atoms with Crippen LogP contribution in [0.2, 0.25) is 0 Å². The Morgan fingerprint density at radius 2 is 1.33 bits per heavy atom. The number of nitrogens with one attached hydrogen (secondary N) is 2. The van der Waals surface area contributed by atoms with Gasteiger partial charge in [-0.1, -0.05) is 78.9 Å². The molecule has 0 amide bonds. The summed E-state index contributed by atoms with van der Waals surface area (Å²) in [5.74, 6) is 1.47. The maximum atomic E-state index is 12.4. The van der Waals surface area contributed by atoms with Gasteiger partial charge < -0.3 is 10.6 Å². The second kappa shape index (κ2) is 13.2. The van der Waals surface area contributed by atoms with Crippen LogP contribution >= 0.6 is 24.0 Å². The second-order valence-electron chi connectivity index (χ2n) is 6.62. The zero-order valence-corrected chi connectivity index (χ0v) is 20.2. The van der Waals surface area contributed by atoms with Crippen LogP contribution in [0.15, 0.2) is 101 Å². The zero-order valence-electron chi connectivity index (χ0n) is 17.0. The van der Waals surface area contributed by atoms with Crippen LogP contribution in [-0.2, 0) is 10.8 Å². The van der Waals surface area contributed by atoms with Crippen molar-refractivity contribution in [2.75, 3.05) is 25.9 Å². The minimum atomic E-state index is -1.02. The van der Waals surface area contributed by atoms with E-state index in [0.717, 1.165) is 11.4 Å². The molecule has 30 heavy (non-hydrogen) atoms. The van der Waals surface area contributed by atoms with E-state index in [4.69, 9.17) is 0 Å². The van der Waals surface area contributed by atoms with E-state index in [0.29, 0.717) is 18.3 Å². The van der Waals surface area contributed by atoms with Crippen LogP contribution in [0.3, 0.4) is 0 Å². The van der Waals surface area contributed by atoms with Crippen LogP contribution in [0.4, 0.5) is 0 Å². The topological polar surface area (TPSA) is 53.5 Å². The third kappa shape index (κ3) is 7.25. The summed E-state index contributed by atoms with van der Waals surface area (Å²) in [6, 6.07) is 30.5. The number of guanidine groups is 1. The average Bonchev–Trinajstić information content (AvgIpc) is 2.80. The first-order chi connectivity index (χ1) is 14.3. The summed E-state index contributed by atoms with van der Waals surface area (Å²) >= 11 is 0. The van der Waals surface area contributed by atoms with Crippen LogP contribution < -0.4 is 10.6 Å². The fourth-order valence-electron chi connectivity index (χ4n) is 3.17. The second-order valence-corrected chi connectivity index (χ2v) is 8.19. The number of hydrogen-bond donors (Lipinski definition) is 2. The number of aliphatic imine (C=N–C) groups is 1. The summed E-state index contributed by atoms with van der Waals surface area (Å²) in [4.78, 5) is 5.16. The molecule has 0 fully saturated rings. The Balaban J connectivity index is 0.00000320. The van der Waals surface area contributed by atoms with Crippen LogP contribution in [0.1, 0.15) is 17.0 Å². The van der Waals surface area contributed by atoms with Crippen molar-refractivity contribution in [3.63, 3.8) is 0 Å². The molecule has 1 unspecified atom stereocenters. The van der Waals surface area contributed by atoms with E-state index in [9.17, 15) is 4.21 Å². The van der Waals surface area contributed by atoms with Crippen LogP contribution in [0, 0.1) is 0 Å². The van der Waals surface area contributed by atoms with Crippen molar-refractivity contribution >= 4 is 40.7 Å². The lowest BCUT2D eigenvalue weighted by molar-refractivity contribution is 0.680. The molecule has 0 heterocycles. The van der Waals surface area contributed by atoms with E-state index in [2.05, 4.69) is 64.2 Å². The van der Waals surface area contributed by atoms with Gasteiger partial charge in [-0.3, -0.25) is 9.20 Å². The molecule has 0 saturated carbocycles. The molecule has 0 aliphatic carbocycles. The van der Waals surface area contributed by atoms with Crippen molar-refractivity contribution in [3.8, 4) is 0 Å². The Kier molecular flexibility index (Phi) is 10.6. The van der Waals surface area contributed by atoms with Gasteiger partial charge in [-0.15, -0.1) is 24.0 Å². The molecule has 158 valence electrons. The Bertz CT molecular complexity index is 881. The molecular formula is C24H28IN3OS. The molecule has 3 aromatic carbocycles. The maximum absolute atomic E-state index is 12.4. The van der Waals surface area contributed by atoms with Crippen molar-refractivity contribution in [3.05, 3.63) is 102 Å². The lowest BCUT2D eigenvalue weighted by atomic mass is 9.91. The molecule has 3 aromatic rings. The minimum Gasteiger partial charge on any atom is -0.355 e. The Hall–Kier alpha value is -2.19. The number of halogens is 1. The Morgan fingerprint density at radius 3 is 1.83 bits per heavy atom. The molecular weight excluding hydrogens is 505 g/mol. The number of rotatable bonds is 8. The minimum absolute atomic E-state index is 0. The average molecular weight is 533 g/mol. The molecule has 3 rings (SSSR count). The van der Waals surface area contributed by atoms with Crippen LogP contribution in [0.25, 0.3) is 0 Å². The van der Waals surface area contributed by atoms with Gasteiger partial charge in [-0.25, -0.2) is 0 Å². The molecule has 6 heteroatoms. The highest BCUT2D eigenvalue weighted by molar-refractivity contribution is 14.0. The first kappa shape index (κ1) is 24.1. The van der Waals surface area contributed by atoms with Gasteiger partial charge in [0, 0.05) is 36.7 Å². The van der Waals surface area contributed by atoms with Gasteiger partial charge in [0.15, 0.2) is 5.96 Å². The van der Waals surface area contributed by atoms with Gasteiger partial charge in [0.05, 0.1) is 10.8 Å². The molecule has 0 radical (unpaired) electrons. The van der Waals surface area contributed by atoms with Crippen LogP contribution in [0.5, 0.6) is 0 Å². The highest BCUT2D eigenvalue weighted by atomic mass is 127. The smallest absolute Gasteiger partial charge is 0.191 e. The lowest BCUT2D eigenvalue weighted by Gasteiger charge is -2.20. The SMILES string of the molecule is CN=C(NCCS(=O)c1ccccc1)NCC(c1ccccc1)c1ccccc1.I. The summed E-state index contributed by atoms with van der Waals surface area (Å²) < 4.78 is 12.4. The third-order valence-electron chi connectivity index (χ3n) is 4.69. The van der Waals surface area contributed by atoms with Gasteiger partial charge in [0.25, 0.3) is 0 Å². The molecule has 0 aromatic heterocycles. The van der Waals surface area contributed by atoms with Gasteiger partial charge in [0.1, 0.15) is 0 Å². The molecule has 1 atom stereocenters. The number of nitrogens with zero attached hydrogens (tertiary/aromatic N) is 1. The Morgan fingerprint density at radius 1 is 0.833 bits per heavy atom. The van der Waals surface area contributed by atoms with Gasteiger partial charge in [-0.2, -0.15) is 0 Å². The van der Waals surface area contributed by atoms with E-state index >= 15 is 0 Å². The zero-order chi connectivity index (χ0) is 20.3. The van der Waals surface area contributed by atoms with E-state index in [-0.39, 0.29) is 29.9 Å². The quantitative estimate of drug-likeness (QED) is 0.256. The summed E-state index contributed by atoms with van der Waals surface area (Å²) in [5, 5.41) is 6.69. The predicted octanol–water partition coefficient (Wildman–Crippen LogP) is 4.41. The van der Waals surface area contributed by atoms with E-state index in [1.165, 1.54) is 11.1 Å². The van der Waals surface area contributed by atoms with E-state index in [1.807, 2.05) is 42.5 Å². The maximum Gasteiger partial charge on any atom is 0.191 e.